The molecule has 2 unspecified atom stereocenters. The van der Waals surface area contributed by atoms with Crippen molar-refractivity contribution in [1.82, 2.24) is 24.9 Å². The van der Waals surface area contributed by atoms with Crippen LogP contribution in [-0.4, -0.2) is 51.1 Å². The van der Waals surface area contributed by atoms with E-state index in [0.717, 1.165) is 31.3 Å². The number of rotatable bonds is 6. The molecule has 4 rings (SSSR count). The van der Waals surface area contributed by atoms with E-state index in [1.807, 2.05) is 18.5 Å². The van der Waals surface area contributed by atoms with E-state index >= 15 is 0 Å². The summed E-state index contributed by atoms with van der Waals surface area (Å²) in [5.74, 6) is 2.17. The molecule has 6 nitrogen and oxygen atoms in total. The molecule has 128 valence electrons. The van der Waals surface area contributed by atoms with Gasteiger partial charge in [0.25, 0.3) is 0 Å². The van der Waals surface area contributed by atoms with Gasteiger partial charge in [0.1, 0.15) is 0 Å². The Bertz CT molecular complexity index is 669. The lowest BCUT2D eigenvalue weighted by atomic mass is 10.1. The third-order valence-corrected chi connectivity index (χ3v) is 5.33. The van der Waals surface area contributed by atoms with E-state index in [2.05, 4.69) is 45.0 Å². The van der Waals surface area contributed by atoms with Gasteiger partial charge < -0.3 is 4.52 Å². The topological polar surface area (TPSA) is 58.3 Å². The van der Waals surface area contributed by atoms with Crippen LogP contribution in [0.15, 0.2) is 29.0 Å². The fourth-order valence-electron chi connectivity index (χ4n) is 3.49. The van der Waals surface area contributed by atoms with Gasteiger partial charge in [-0.2, -0.15) is 4.98 Å². The number of hydrogen-bond donors (Lipinski definition) is 0. The SMILES string of the molecule is CC(c1cccnc1)N1CCC(N(C)Cc2noc(C3CC3)n2)C1. The summed E-state index contributed by atoms with van der Waals surface area (Å²) in [5.41, 5.74) is 1.29. The Morgan fingerprint density at radius 3 is 3.00 bits per heavy atom. The third kappa shape index (κ3) is 3.35. The second-order valence-corrected chi connectivity index (χ2v) is 7.14. The van der Waals surface area contributed by atoms with E-state index in [0.29, 0.717) is 18.0 Å². The van der Waals surface area contributed by atoms with Crippen molar-refractivity contribution in [2.45, 2.75) is 50.7 Å². The summed E-state index contributed by atoms with van der Waals surface area (Å²) in [6.07, 6.45) is 7.37. The lowest BCUT2D eigenvalue weighted by Crippen LogP contribution is -2.35. The number of pyridine rings is 1. The van der Waals surface area contributed by atoms with E-state index in [4.69, 9.17) is 4.52 Å². The maximum absolute atomic E-state index is 5.36. The standard InChI is InChI=1S/C18H25N5O/c1-13(15-4-3-8-19-10-15)23-9-7-16(11-23)22(2)12-17-20-18(24-21-17)14-5-6-14/h3-4,8,10,13-14,16H,5-7,9,11-12H2,1-2H3. The Hall–Kier alpha value is -1.79. The summed E-state index contributed by atoms with van der Waals surface area (Å²) in [5, 5.41) is 4.14. The van der Waals surface area contributed by atoms with Crippen molar-refractivity contribution in [2.24, 2.45) is 0 Å². The van der Waals surface area contributed by atoms with Gasteiger partial charge in [0.05, 0.1) is 6.54 Å². The van der Waals surface area contributed by atoms with Crippen LogP contribution in [0.5, 0.6) is 0 Å². The van der Waals surface area contributed by atoms with Crippen molar-refractivity contribution in [2.75, 3.05) is 20.1 Å². The van der Waals surface area contributed by atoms with Crippen LogP contribution in [0.25, 0.3) is 0 Å². The van der Waals surface area contributed by atoms with Gasteiger partial charge >= 0.3 is 0 Å². The Morgan fingerprint density at radius 2 is 2.25 bits per heavy atom. The fourth-order valence-corrected chi connectivity index (χ4v) is 3.49. The van der Waals surface area contributed by atoms with Crippen molar-refractivity contribution in [3.8, 4) is 0 Å². The first-order valence-corrected chi connectivity index (χ1v) is 8.87. The van der Waals surface area contributed by atoms with Crippen molar-refractivity contribution in [3.63, 3.8) is 0 Å². The maximum Gasteiger partial charge on any atom is 0.229 e. The van der Waals surface area contributed by atoms with Gasteiger partial charge in [0.15, 0.2) is 5.82 Å². The monoisotopic (exact) mass is 327 g/mol. The van der Waals surface area contributed by atoms with Gasteiger partial charge in [-0.1, -0.05) is 11.2 Å². The van der Waals surface area contributed by atoms with E-state index < -0.39 is 0 Å². The van der Waals surface area contributed by atoms with Crippen molar-refractivity contribution in [3.05, 3.63) is 41.8 Å². The van der Waals surface area contributed by atoms with Crippen LogP contribution in [-0.2, 0) is 6.54 Å². The van der Waals surface area contributed by atoms with Crippen molar-refractivity contribution in [1.29, 1.82) is 0 Å². The molecule has 1 aliphatic heterocycles. The third-order valence-electron chi connectivity index (χ3n) is 5.33. The number of likely N-dealkylation sites (tertiary alicyclic amines) is 1. The highest BCUT2D eigenvalue weighted by Gasteiger charge is 2.32. The van der Waals surface area contributed by atoms with Crippen LogP contribution in [0.1, 0.15) is 55.4 Å². The predicted molar refractivity (Wildman–Crippen MR) is 90.4 cm³/mol. The molecule has 0 amide bonds. The fraction of sp³-hybridized carbons (Fsp3) is 0.611. The first-order chi connectivity index (χ1) is 11.7. The summed E-state index contributed by atoms with van der Waals surface area (Å²) >= 11 is 0. The van der Waals surface area contributed by atoms with E-state index in [1.54, 1.807) is 0 Å². The molecule has 2 atom stereocenters. The largest absolute Gasteiger partial charge is 0.339 e. The molecular formula is C18H25N5O. The number of nitrogens with zero attached hydrogens (tertiary/aromatic N) is 5. The summed E-state index contributed by atoms with van der Waals surface area (Å²) in [4.78, 5) is 13.7. The minimum Gasteiger partial charge on any atom is -0.339 e. The quantitative estimate of drug-likeness (QED) is 0.813. The highest BCUT2D eigenvalue weighted by Crippen LogP contribution is 2.38. The Morgan fingerprint density at radius 1 is 1.38 bits per heavy atom. The normalized spacial score (nSPS) is 23.0. The lowest BCUT2D eigenvalue weighted by Gasteiger charge is -2.27. The molecule has 2 aromatic rings. The van der Waals surface area contributed by atoms with Crippen molar-refractivity contribution < 1.29 is 4.52 Å². The minimum atomic E-state index is 0.406. The summed E-state index contributed by atoms with van der Waals surface area (Å²) in [6.45, 7) is 5.21. The molecule has 0 radical (unpaired) electrons. The average molecular weight is 327 g/mol. The minimum absolute atomic E-state index is 0.406. The smallest absolute Gasteiger partial charge is 0.229 e. The molecule has 24 heavy (non-hydrogen) atoms. The zero-order valence-corrected chi connectivity index (χ0v) is 14.4. The van der Waals surface area contributed by atoms with Gasteiger partial charge in [-0.05, 0) is 44.9 Å². The molecule has 3 heterocycles. The first-order valence-electron chi connectivity index (χ1n) is 8.87. The summed E-state index contributed by atoms with van der Waals surface area (Å²) in [6, 6.07) is 5.11. The van der Waals surface area contributed by atoms with Gasteiger partial charge in [0, 0.05) is 43.5 Å². The van der Waals surface area contributed by atoms with Gasteiger partial charge in [-0.3, -0.25) is 14.8 Å². The molecule has 6 heteroatoms. The van der Waals surface area contributed by atoms with Crippen LogP contribution >= 0.6 is 0 Å². The van der Waals surface area contributed by atoms with Crippen LogP contribution in [0.4, 0.5) is 0 Å². The second kappa shape index (κ2) is 6.61. The molecule has 1 saturated carbocycles. The average Bonchev–Trinajstić information content (AvgIpc) is 3.16. The molecule has 2 fully saturated rings. The zero-order valence-electron chi connectivity index (χ0n) is 14.4. The molecule has 0 N–H and O–H groups in total. The molecule has 1 saturated heterocycles. The van der Waals surface area contributed by atoms with Crippen LogP contribution in [0.2, 0.25) is 0 Å². The highest BCUT2D eigenvalue weighted by atomic mass is 16.5. The molecule has 1 aliphatic carbocycles. The number of likely N-dealkylation sites (N-methyl/N-ethyl adjacent to an activating group) is 1. The molecule has 2 aliphatic rings. The van der Waals surface area contributed by atoms with E-state index in [-0.39, 0.29) is 0 Å². The van der Waals surface area contributed by atoms with Crippen LogP contribution in [0.3, 0.4) is 0 Å². The molecule has 2 aromatic heterocycles. The zero-order chi connectivity index (χ0) is 16.5. The Balaban J connectivity index is 1.33. The van der Waals surface area contributed by atoms with Gasteiger partial charge in [-0.25, -0.2) is 0 Å². The lowest BCUT2D eigenvalue weighted by molar-refractivity contribution is 0.198. The second-order valence-electron chi connectivity index (χ2n) is 7.14. The van der Waals surface area contributed by atoms with Gasteiger partial charge in [0.2, 0.25) is 5.89 Å². The van der Waals surface area contributed by atoms with Crippen molar-refractivity contribution >= 4 is 0 Å². The Labute approximate surface area is 142 Å². The molecular weight excluding hydrogens is 302 g/mol. The Kier molecular flexibility index (Phi) is 4.33. The predicted octanol–water partition coefficient (Wildman–Crippen LogP) is 2.61. The summed E-state index contributed by atoms with van der Waals surface area (Å²) < 4.78 is 5.36. The molecule has 0 spiro atoms. The number of aromatic nitrogens is 3. The van der Waals surface area contributed by atoms with E-state index in [9.17, 15) is 0 Å². The molecule has 0 bridgehead atoms. The van der Waals surface area contributed by atoms with E-state index in [1.165, 1.54) is 24.8 Å². The van der Waals surface area contributed by atoms with Crippen LogP contribution < -0.4 is 0 Å². The summed E-state index contributed by atoms with van der Waals surface area (Å²) in [7, 11) is 2.16. The number of hydrogen-bond acceptors (Lipinski definition) is 6. The first kappa shape index (κ1) is 15.7. The van der Waals surface area contributed by atoms with Crippen LogP contribution in [0, 0.1) is 0 Å². The molecule has 0 aromatic carbocycles. The highest BCUT2D eigenvalue weighted by molar-refractivity contribution is 5.13. The van der Waals surface area contributed by atoms with Gasteiger partial charge in [-0.15, -0.1) is 0 Å². The maximum atomic E-state index is 5.36.